The minimum Gasteiger partial charge on any atom is -0.444 e. The number of nitrogens with zero attached hydrogens (tertiary/aromatic N) is 1. The predicted molar refractivity (Wildman–Crippen MR) is 68.1 cm³/mol. The molecule has 0 radical (unpaired) electrons. The summed E-state index contributed by atoms with van der Waals surface area (Å²) in [6.07, 6.45) is 2.23. The molecule has 18 heavy (non-hydrogen) atoms. The Morgan fingerprint density at radius 1 is 1.39 bits per heavy atom. The van der Waals surface area contributed by atoms with Crippen LogP contribution >= 0.6 is 0 Å². The van der Waals surface area contributed by atoms with E-state index in [0.29, 0.717) is 6.42 Å². The minimum absolute atomic E-state index is 0.141. The number of carbonyl (C=O) groups is 1. The highest BCUT2D eigenvalue weighted by atomic mass is 16.6. The van der Waals surface area contributed by atoms with E-state index in [1.165, 1.54) is 0 Å². The van der Waals surface area contributed by atoms with Gasteiger partial charge in [-0.3, -0.25) is 0 Å². The van der Waals surface area contributed by atoms with Crippen LogP contribution in [0.3, 0.4) is 0 Å². The summed E-state index contributed by atoms with van der Waals surface area (Å²) < 4.78 is 5.32. The van der Waals surface area contributed by atoms with Crippen LogP contribution in [0.4, 0.5) is 4.79 Å². The van der Waals surface area contributed by atoms with E-state index >= 15 is 0 Å². The van der Waals surface area contributed by atoms with Crippen LogP contribution in [-0.4, -0.2) is 46.9 Å². The van der Waals surface area contributed by atoms with Crippen LogP contribution in [0.2, 0.25) is 0 Å². The van der Waals surface area contributed by atoms with Gasteiger partial charge < -0.3 is 20.5 Å². The Balaban J connectivity index is 1.77. The molecule has 1 heterocycles. The molecule has 1 saturated carbocycles. The number of aliphatic hydroxyl groups excluding tert-OH is 1. The third-order valence-corrected chi connectivity index (χ3v) is 3.77. The Hall–Kier alpha value is -0.810. The number of ether oxygens (including phenoxy) is 1. The zero-order valence-electron chi connectivity index (χ0n) is 11.5. The van der Waals surface area contributed by atoms with E-state index in [0.717, 1.165) is 25.9 Å². The van der Waals surface area contributed by atoms with Gasteiger partial charge in [-0.2, -0.15) is 0 Å². The third kappa shape index (κ3) is 2.62. The van der Waals surface area contributed by atoms with Gasteiger partial charge in [-0.05, 0) is 40.0 Å². The van der Waals surface area contributed by atoms with Crippen molar-refractivity contribution in [3.05, 3.63) is 0 Å². The first-order valence-electron chi connectivity index (χ1n) is 6.55. The molecule has 5 nitrogen and oxygen atoms in total. The third-order valence-electron chi connectivity index (χ3n) is 3.77. The van der Waals surface area contributed by atoms with Crippen molar-refractivity contribution < 1.29 is 14.6 Å². The lowest BCUT2D eigenvalue weighted by Crippen LogP contribution is -2.71. The van der Waals surface area contributed by atoms with Gasteiger partial charge >= 0.3 is 6.09 Å². The van der Waals surface area contributed by atoms with Gasteiger partial charge in [-0.25, -0.2) is 4.79 Å². The van der Waals surface area contributed by atoms with Gasteiger partial charge in [0.25, 0.3) is 0 Å². The minimum atomic E-state index is -0.437. The van der Waals surface area contributed by atoms with Gasteiger partial charge in [0.05, 0.1) is 0 Å². The Morgan fingerprint density at radius 3 is 2.39 bits per heavy atom. The molecule has 2 aliphatic rings. The molecule has 1 spiro atoms. The number of hydrogen-bond donors (Lipinski definition) is 2. The summed E-state index contributed by atoms with van der Waals surface area (Å²) in [4.78, 5) is 13.5. The van der Waals surface area contributed by atoms with Gasteiger partial charge in [-0.1, -0.05) is 0 Å². The molecule has 0 aromatic rings. The lowest BCUT2D eigenvalue weighted by atomic mass is 9.53. The van der Waals surface area contributed by atoms with Crippen LogP contribution in [0.15, 0.2) is 0 Å². The normalized spacial score (nSPS) is 24.4. The van der Waals surface area contributed by atoms with Crippen molar-refractivity contribution in [3.63, 3.8) is 0 Å². The molecular formula is C13H24N2O3. The largest absolute Gasteiger partial charge is 0.444 e. The van der Waals surface area contributed by atoms with Crippen LogP contribution in [0.1, 0.15) is 40.0 Å². The smallest absolute Gasteiger partial charge is 0.410 e. The molecule has 5 heteroatoms. The first kappa shape index (κ1) is 13.6. The summed E-state index contributed by atoms with van der Waals surface area (Å²) in [7, 11) is 0. The number of likely N-dealkylation sites (tertiary alicyclic amines) is 1. The zero-order chi connectivity index (χ0) is 13.6. The van der Waals surface area contributed by atoms with Gasteiger partial charge in [0.1, 0.15) is 5.60 Å². The van der Waals surface area contributed by atoms with Gasteiger partial charge in [0, 0.05) is 30.7 Å². The monoisotopic (exact) mass is 256 g/mol. The molecule has 2 rings (SSSR count). The van der Waals surface area contributed by atoms with Crippen LogP contribution in [-0.2, 0) is 4.74 Å². The average molecular weight is 256 g/mol. The fraction of sp³-hybridized carbons (Fsp3) is 0.923. The van der Waals surface area contributed by atoms with E-state index in [1.807, 2.05) is 20.8 Å². The maximum atomic E-state index is 11.8. The first-order chi connectivity index (χ1) is 8.17. The molecule has 1 amide bonds. The molecule has 0 bridgehead atoms. The Morgan fingerprint density at radius 2 is 1.94 bits per heavy atom. The number of aliphatic hydroxyl groups is 1. The van der Waals surface area contributed by atoms with Crippen LogP contribution in [0.25, 0.3) is 0 Å². The summed E-state index contributed by atoms with van der Waals surface area (Å²) in [6, 6.07) is 0. The van der Waals surface area contributed by atoms with Crippen molar-refractivity contribution >= 4 is 6.09 Å². The fourth-order valence-corrected chi connectivity index (χ4v) is 3.28. The standard InChI is InChI=1S/C13H24N2O3/c1-11(2,3)18-10(17)15-8-12(9-15)6-13(14,7-12)4-5-16/h16H,4-9,14H2,1-3H3. The van der Waals surface area contributed by atoms with Crippen molar-refractivity contribution in [3.8, 4) is 0 Å². The number of rotatable bonds is 2. The molecule has 0 aromatic heterocycles. The maximum absolute atomic E-state index is 11.8. The van der Waals surface area contributed by atoms with E-state index in [1.54, 1.807) is 4.90 Å². The molecule has 2 fully saturated rings. The summed E-state index contributed by atoms with van der Waals surface area (Å²) in [5.74, 6) is 0. The second-order valence-corrected chi connectivity index (χ2v) is 7.03. The molecule has 104 valence electrons. The fourth-order valence-electron chi connectivity index (χ4n) is 3.28. The quantitative estimate of drug-likeness (QED) is 0.775. The van der Waals surface area contributed by atoms with Gasteiger partial charge in [0.15, 0.2) is 0 Å². The van der Waals surface area contributed by atoms with E-state index in [4.69, 9.17) is 15.6 Å². The van der Waals surface area contributed by atoms with Crippen molar-refractivity contribution in [2.75, 3.05) is 19.7 Å². The Kier molecular flexibility index (Phi) is 3.10. The van der Waals surface area contributed by atoms with Crippen LogP contribution < -0.4 is 5.73 Å². The van der Waals surface area contributed by atoms with Gasteiger partial charge in [0.2, 0.25) is 0 Å². The Labute approximate surface area is 108 Å². The first-order valence-corrected chi connectivity index (χ1v) is 6.55. The molecule has 1 aliphatic heterocycles. The topological polar surface area (TPSA) is 75.8 Å². The molecule has 0 aromatic carbocycles. The highest BCUT2D eigenvalue weighted by Gasteiger charge is 2.59. The SMILES string of the molecule is CC(C)(C)OC(=O)N1CC2(C1)CC(N)(CCO)C2. The average Bonchev–Trinajstić information content (AvgIpc) is 2.06. The van der Waals surface area contributed by atoms with Crippen molar-refractivity contribution in [2.45, 2.75) is 51.2 Å². The molecule has 3 N–H and O–H groups in total. The second kappa shape index (κ2) is 4.10. The predicted octanol–water partition coefficient (Wildman–Crippen LogP) is 1.10. The van der Waals surface area contributed by atoms with E-state index in [9.17, 15) is 4.79 Å². The van der Waals surface area contributed by atoms with Gasteiger partial charge in [-0.15, -0.1) is 0 Å². The number of hydrogen-bond acceptors (Lipinski definition) is 4. The summed E-state index contributed by atoms with van der Waals surface area (Å²) in [5.41, 5.74) is 5.67. The lowest BCUT2D eigenvalue weighted by molar-refractivity contribution is -0.109. The lowest BCUT2D eigenvalue weighted by Gasteiger charge is -2.62. The summed E-state index contributed by atoms with van der Waals surface area (Å²) in [5, 5.41) is 8.93. The maximum Gasteiger partial charge on any atom is 0.410 e. The van der Waals surface area contributed by atoms with Crippen LogP contribution in [0, 0.1) is 5.41 Å². The highest BCUT2D eigenvalue weighted by molar-refractivity contribution is 5.69. The van der Waals surface area contributed by atoms with Crippen molar-refractivity contribution in [1.82, 2.24) is 4.90 Å². The number of nitrogens with two attached hydrogens (primary N) is 1. The van der Waals surface area contributed by atoms with Crippen LogP contribution in [0.5, 0.6) is 0 Å². The Bertz CT molecular complexity index is 335. The summed E-state index contributed by atoms with van der Waals surface area (Å²) >= 11 is 0. The molecular weight excluding hydrogens is 232 g/mol. The molecule has 0 atom stereocenters. The highest BCUT2D eigenvalue weighted by Crippen LogP contribution is 2.54. The van der Waals surface area contributed by atoms with Crippen molar-refractivity contribution in [2.24, 2.45) is 11.1 Å². The summed E-state index contributed by atoms with van der Waals surface area (Å²) in [6.45, 7) is 7.24. The molecule has 0 unspecified atom stereocenters. The van der Waals surface area contributed by atoms with Crippen molar-refractivity contribution in [1.29, 1.82) is 0 Å². The number of carbonyl (C=O) groups excluding carboxylic acids is 1. The zero-order valence-corrected chi connectivity index (χ0v) is 11.5. The second-order valence-electron chi connectivity index (χ2n) is 7.03. The van der Waals surface area contributed by atoms with E-state index in [-0.39, 0.29) is 23.7 Å². The molecule has 1 saturated heterocycles. The van der Waals surface area contributed by atoms with E-state index < -0.39 is 5.60 Å². The van der Waals surface area contributed by atoms with E-state index in [2.05, 4.69) is 0 Å². The number of amides is 1. The molecule has 1 aliphatic carbocycles.